The molecule has 0 fully saturated rings. The topological polar surface area (TPSA) is 22.1 Å². The van der Waals surface area contributed by atoms with E-state index in [0.29, 0.717) is 26.6 Å². The van der Waals surface area contributed by atoms with Gasteiger partial charge in [0.25, 0.3) is 0 Å². The second-order valence-corrected chi connectivity index (χ2v) is 5.54. The van der Waals surface area contributed by atoms with Crippen LogP contribution >= 0.6 is 50.7 Å². The Labute approximate surface area is 128 Å². The largest absolute Gasteiger partial charge is 0.486 e. The van der Waals surface area contributed by atoms with E-state index in [9.17, 15) is 0 Å². The van der Waals surface area contributed by atoms with E-state index in [1.54, 1.807) is 24.3 Å². The summed E-state index contributed by atoms with van der Waals surface area (Å²) in [5.74, 6) is 0.567. The van der Waals surface area contributed by atoms with Crippen molar-refractivity contribution in [2.24, 2.45) is 0 Å². The molecule has 18 heavy (non-hydrogen) atoms. The number of benzene rings is 1. The summed E-state index contributed by atoms with van der Waals surface area (Å²) in [6.07, 6.45) is 0. The smallest absolute Gasteiger partial charge is 0.138 e. The fraction of sp³-hybridized carbons (Fsp3) is 0.0833. The van der Waals surface area contributed by atoms with Crippen LogP contribution in [0.15, 0.2) is 34.8 Å². The number of halogens is 4. The van der Waals surface area contributed by atoms with Gasteiger partial charge in [-0.3, -0.25) is 0 Å². The summed E-state index contributed by atoms with van der Waals surface area (Å²) < 4.78 is 6.44. The Morgan fingerprint density at radius 3 is 2.56 bits per heavy atom. The number of rotatable bonds is 3. The van der Waals surface area contributed by atoms with E-state index in [-0.39, 0.29) is 6.61 Å². The molecule has 0 amide bonds. The minimum atomic E-state index is 0.209. The van der Waals surface area contributed by atoms with Crippen LogP contribution < -0.4 is 4.74 Å². The third-order valence-electron chi connectivity index (χ3n) is 2.14. The lowest BCUT2D eigenvalue weighted by Gasteiger charge is -2.09. The van der Waals surface area contributed by atoms with Crippen molar-refractivity contribution in [3.05, 3.63) is 55.7 Å². The highest BCUT2D eigenvalue weighted by Crippen LogP contribution is 2.29. The number of hydrogen-bond acceptors (Lipinski definition) is 2. The summed E-state index contributed by atoms with van der Waals surface area (Å²) in [7, 11) is 0. The van der Waals surface area contributed by atoms with Crippen LogP contribution in [0.3, 0.4) is 0 Å². The van der Waals surface area contributed by atoms with Crippen molar-refractivity contribution >= 4 is 50.7 Å². The maximum absolute atomic E-state index is 6.03. The molecule has 0 aliphatic carbocycles. The molecule has 0 radical (unpaired) electrons. The molecule has 2 rings (SSSR count). The van der Waals surface area contributed by atoms with E-state index < -0.39 is 0 Å². The first-order valence-corrected chi connectivity index (χ1v) is 6.88. The van der Waals surface area contributed by atoms with Gasteiger partial charge in [0, 0.05) is 4.47 Å². The van der Waals surface area contributed by atoms with Gasteiger partial charge in [0.05, 0.1) is 15.7 Å². The predicted molar refractivity (Wildman–Crippen MR) is 77.7 cm³/mol. The van der Waals surface area contributed by atoms with Crippen molar-refractivity contribution in [1.29, 1.82) is 0 Å². The Bertz CT molecular complexity index is 577. The van der Waals surface area contributed by atoms with E-state index in [4.69, 9.17) is 39.5 Å². The Hall–Kier alpha value is -0.480. The molecule has 0 saturated heterocycles. The van der Waals surface area contributed by atoms with Crippen LogP contribution in [0.4, 0.5) is 0 Å². The van der Waals surface area contributed by atoms with Gasteiger partial charge in [-0.15, -0.1) is 0 Å². The zero-order valence-corrected chi connectivity index (χ0v) is 12.8. The minimum absolute atomic E-state index is 0.209. The van der Waals surface area contributed by atoms with E-state index >= 15 is 0 Å². The Morgan fingerprint density at radius 1 is 1.06 bits per heavy atom. The highest BCUT2D eigenvalue weighted by Gasteiger charge is 2.07. The SMILES string of the molecule is Clc1ccc(Cl)c(COc2ccc(Br)cc2Cl)n1. The third-order valence-corrected chi connectivity index (χ3v) is 3.49. The van der Waals surface area contributed by atoms with Crippen LogP contribution in [0.1, 0.15) is 5.69 Å². The van der Waals surface area contributed by atoms with Crippen molar-refractivity contribution in [3.8, 4) is 5.75 Å². The first-order valence-electron chi connectivity index (χ1n) is 4.95. The monoisotopic (exact) mass is 365 g/mol. The molecule has 0 saturated carbocycles. The zero-order valence-electron chi connectivity index (χ0n) is 8.96. The number of hydrogen-bond donors (Lipinski definition) is 0. The summed E-state index contributed by atoms with van der Waals surface area (Å²) in [5, 5.41) is 1.40. The summed E-state index contributed by atoms with van der Waals surface area (Å²) >= 11 is 21.1. The van der Waals surface area contributed by atoms with Gasteiger partial charge in [0.15, 0.2) is 0 Å². The fourth-order valence-electron chi connectivity index (χ4n) is 1.30. The molecule has 0 aliphatic rings. The average Bonchev–Trinajstić information content (AvgIpc) is 2.32. The Morgan fingerprint density at radius 2 is 1.83 bits per heavy atom. The van der Waals surface area contributed by atoms with Crippen LogP contribution in [0, 0.1) is 0 Å². The molecule has 0 N–H and O–H groups in total. The van der Waals surface area contributed by atoms with Gasteiger partial charge in [0.2, 0.25) is 0 Å². The third kappa shape index (κ3) is 3.51. The fourth-order valence-corrected chi connectivity index (χ4v) is 2.35. The lowest BCUT2D eigenvalue weighted by Crippen LogP contribution is -1.99. The van der Waals surface area contributed by atoms with Crippen LogP contribution in [0.25, 0.3) is 0 Å². The number of nitrogens with zero attached hydrogens (tertiary/aromatic N) is 1. The normalized spacial score (nSPS) is 10.4. The molecule has 6 heteroatoms. The average molecular weight is 367 g/mol. The molecule has 0 bridgehead atoms. The Balaban J connectivity index is 2.13. The van der Waals surface area contributed by atoms with Crippen molar-refractivity contribution in [2.45, 2.75) is 6.61 Å². The number of aromatic nitrogens is 1. The lowest BCUT2D eigenvalue weighted by molar-refractivity contribution is 0.301. The van der Waals surface area contributed by atoms with E-state index in [1.807, 2.05) is 6.07 Å². The van der Waals surface area contributed by atoms with Gasteiger partial charge < -0.3 is 4.74 Å². The quantitative estimate of drug-likeness (QED) is 0.679. The second kappa shape index (κ2) is 6.11. The van der Waals surface area contributed by atoms with E-state index in [2.05, 4.69) is 20.9 Å². The van der Waals surface area contributed by atoms with Crippen LogP contribution in [0.5, 0.6) is 5.75 Å². The zero-order chi connectivity index (χ0) is 13.1. The molecule has 0 aliphatic heterocycles. The van der Waals surface area contributed by atoms with Gasteiger partial charge in [-0.2, -0.15) is 0 Å². The van der Waals surface area contributed by atoms with Gasteiger partial charge >= 0.3 is 0 Å². The maximum Gasteiger partial charge on any atom is 0.138 e. The van der Waals surface area contributed by atoms with Crippen molar-refractivity contribution < 1.29 is 4.74 Å². The molecule has 0 atom stereocenters. The summed E-state index contributed by atoms with van der Waals surface area (Å²) in [6, 6.07) is 8.67. The Kier molecular flexibility index (Phi) is 4.73. The summed E-state index contributed by atoms with van der Waals surface area (Å²) in [5.41, 5.74) is 0.572. The molecule has 0 spiro atoms. The van der Waals surface area contributed by atoms with Gasteiger partial charge in [-0.25, -0.2) is 4.98 Å². The molecular formula is C12H7BrCl3NO. The van der Waals surface area contributed by atoms with Crippen LogP contribution in [-0.4, -0.2) is 4.98 Å². The van der Waals surface area contributed by atoms with E-state index in [0.717, 1.165) is 4.47 Å². The van der Waals surface area contributed by atoms with Crippen molar-refractivity contribution in [1.82, 2.24) is 4.98 Å². The molecule has 2 aromatic rings. The van der Waals surface area contributed by atoms with Gasteiger partial charge in [-0.05, 0) is 30.3 Å². The van der Waals surface area contributed by atoms with Gasteiger partial charge in [-0.1, -0.05) is 50.7 Å². The first-order chi connectivity index (χ1) is 8.56. The molecule has 1 aromatic carbocycles. The highest BCUT2D eigenvalue weighted by atomic mass is 79.9. The second-order valence-electron chi connectivity index (χ2n) is 3.43. The molecule has 1 heterocycles. The summed E-state index contributed by atoms with van der Waals surface area (Å²) in [6.45, 7) is 0.209. The molecule has 2 nitrogen and oxygen atoms in total. The molecule has 1 aromatic heterocycles. The minimum Gasteiger partial charge on any atom is -0.486 e. The summed E-state index contributed by atoms with van der Waals surface area (Å²) in [4.78, 5) is 4.09. The number of pyridine rings is 1. The number of ether oxygens (including phenoxy) is 1. The standard InChI is InChI=1S/C12H7BrCl3NO/c13-7-1-3-11(9(15)5-7)18-6-10-8(14)2-4-12(16)17-10/h1-5H,6H2. The van der Waals surface area contributed by atoms with Crippen molar-refractivity contribution in [3.63, 3.8) is 0 Å². The van der Waals surface area contributed by atoms with E-state index in [1.165, 1.54) is 0 Å². The first kappa shape index (κ1) is 13.9. The molecule has 0 unspecified atom stereocenters. The molecule has 94 valence electrons. The lowest BCUT2D eigenvalue weighted by atomic mass is 10.3. The molecular weight excluding hydrogens is 360 g/mol. The van der Waals surface area contributed by atoms with Crippen molar-refractivity contribution in [2.75, 3.05) is 0 Å². The van der Waals surface area contributed by atoms with Crippen LogP contribution in [0.2, 0.25) is 15.2 Å². The van der Waals surface area contributed by atoms with Gasteiger partial charge in [0.1, 0.15) is 17.5 Å². The maximum atomic E-state index is 6.03. The predicted octanol–water partition coefficient (Wildman–Crippen LogP) is 5.38. The van der Waals surface area contributed by atoms with Crippen LogP contribution in [-0.2, 0) is 6.61 Å². The highest BCUT2D eigenvalue weighted by molar-refractivity contribution is 9.10.